The number of thiophene rings is 1. The fourth-order valence-corrected chi connectivity index (χ4v) is 7.43. The van der Waals surface area contributed by atoms with Crippen LogP contribution in [0, 0.1) is 12.3 Å². The third-order valence-corrected chi connectivity index (χ3v) is 9.67. The fraction of sp³-hybridized carbons (Fsp3) is 0.200. The number of ether oxygens (including phenoxy) is 1. The van der Waals surface area contributed by atoms with Gasteiger partial charge in [0, 0.05) is 12.0 Å². The molecule has 0 spiro atoms. The van der Waals surface area contributed by atoms with E-state index in [0.717, 1.165) is 11.3 Å². The molecule has 0 fully saturated rings. The van der Waals surface area contributed by atoms with Gasteiger partial charge in [-0.05, 0) is 48.6 Å². The highest BCUT2D eigenvalue weighted by atomic mass is 32.2. The Morgan fingerprint density at radius 1 is 1.15 bits per heavy atom. The number of carboxylic acid groups (broad SMARTS) is 1. The number of nitrogens with zero attached hydrogens (tertiary/aromatic N) is 1. The number of benzene rings is 2. The van der Waals surface area contributed by atoms with Gasteiger partial charge in [-0.1, -0.05) is 24.3 Å². The van der Waals surface area contributed by atoms with Crippen LogP contribution in [0.25, 0.3) is 11.1 Å². The number of hydrogen-bond acceptors (Lipinski definition) is 9. The molecule has 0 unspecified atom stereocenters. The van der Waals surface area contributed by atoms with Gasteiger partial charge in [0.2, 0.25) is 9.84 Å². The van der Waals surface area contributed by atoms with E-state index in [-0.39, 0.29) is 26.2 Å². The van der Waals surface area contributed by atoms with Gasteiger partial charge in [0.25, 0.3) is 0 Å². The van der Waals surface area contributed by atoms with Crippen molar-refractivity contribution < 1.29 is 41.0 Å². The van der Waals surface area contributed by atoms with E-state index in [2.05, 4.69) is 9.73 Å². The minimum Gasteiger partial charge on any atom is -0.481 e. The molecule has 2 aromatic carbocycles. The number of hydrogen-bond donors (Lipinski definition) is 3. The van der Waals surface area contributed by atoms with Crippen molar-refractivity contribution in [2.45, 2.75) is 39.9 Å². The largest absolute Gasteiger partial charge is 0.491 e. The Morgan fingerprint density at radius 3 is 2.42 bits per heavy atom. The average Bonchev–Trinajstić information content (AvgIpc) is 3.33. The molecule has 3 rings (SSSR count). The molecule has 0 aliphatic carbocycles. The zero-order valence-corrected chi connectivity index (χ0v) is 23.4. The molecule has 0 saturated carbocycles. The second-order valence-corrected chi connectivity index (χ2v) is 12.2. The molecule has 15 heteroatoms. The SMILES string of the molecule is CSc1sc(C(=N)N)cc1S(=O)(=O)c1cccc(-c2c(C)cccc2N=C(CCC(=O)O)OC(=O)C(F)(F)F)c1. The molecule has 0 bridgehead atoms. The number of aryl methyl sites for hydroxylation is 1. The summed E-state index contributed by atoms with van der Waals surface area (Å²) in [6.07, 6.45) is -4.90. The van der Waals surface area contributed by atoms with Crippen molar-refractivity contribution in [3.05, 3.63) is 59.0 Å². The van der Waals surface area contributed by atoms with E-state index in [4.69, 9.17) is 16.2 Å². The zero-order valence-electron chi connectivity index (χ0n) is 20.9. The number of carboxylic acids is 1. The summed E-state index contributed by atoms with van der Waals surface area (Å²) >= 11 is 2.25. The number of nitrogen functional groups attached to an aromatic ring is 1. The summed E-state index contributed by atoms with van der Waals surface area (Å²) in [6, 6.07) is 11.7. The number of carbonyl (C=O) groups excluding carboxylic acids is 1. The maximum atomic E-state index is 13.6. The molecule has 0 atom stereocenters. The normalized spacial score (nSPS) is 12.3. The van der Waals surface area contributed by atoms with E-state index in [0.29, 0.717) is 20.9 Å². The van der Waals surface area contributed by atoms with Crippen molar-refractivity contribution in [3.63, 3.8) is 0 Å². The van der Waals surface area contributed by atoms with E-state index in [9.17, 15) is 31.2 Å². The molecule has 212 valence electrons. The van der Waals surface area contributed by atoms with Gasteiger partial charge in [0.1, 0.15) is 5.84 Å². The third kappa shape index (κ3) is 7.08. The van der Waals surface area contributed by atoms with Gasteiger partial charge < -0.3 is 15.6 Å². The first-order chi connectivity index (χ1) is 18.6. The quantitative estimate of drug-likeness (QED) is 0.122. The van der Waals surface area contributed by atoms with Crippen molar-refractivity contribution in [2.75, 3.05) is 6.26 Å². The van der Waals surface area contributed by atoms with Crippen molar-refractivity contribution >= 4 is 62.3 Å². The van der Waals surface area contributed by atoms with Crippen LogP contribution in [-0.2, 0) is 24.2 Å². The maximum Gasteiger partial charge on any atom is 0.491 e. The van der Waals surface area contributed by atoms with Gasteiger partial charge in [-0.15, -0.1) is 23.1 Å². The lowest BCUT2D eigenvalue weighted by molar-refractivity contribution is -0.191. The summed E-state index contributed by atoms with van der Waals surface area (Å²) in [6.45, 7) is 1.66. The molecular weight excluding hydrogens is 591 g/mol. The number of thioether (sulfide) groups is 1. The number of rotatable bonds is 9. The van der Waals surface area contributed by atoms with E-state index in [1.807, 2.05) is 0 Å². The molecule has 0 saturated heterocycles. The highest BCUT2D eigenvalue weighted by Crippen LogP contribution is 2.39. The molecule has 3 aromatic rings. The molecular formula is C25H22F3N3O6S3. The third-order valence-electron chi connectivity index (χ3n) is 5.33. The number of nitrogens with two attached hydrogens (primary N) is 1. The Bertz CT molecular complexity index is 1620. The van der Waals surface area contributed by atoms with Crippen molar-refractivity contribution in [2.24, 2.45) is 10.7 Å². The molecule has 9 nitrogen and oxygen atoms in total. The Morgan fingerprint density at radius 2 is 1.82 bits per heavy atom. The first-order valence-electron chi connectivity index (χ1n) is 11.2. The number of alkyl halides is 3. The van der Waals surface area contributed by atoms with Crippen LogP contribution in [0.15, 0.2) is 67.5 Å². The lowest BCUT2D eigenvalue weighted by Gasteiger charge is -2.14. The molecule has 0 radical (unpaired) electrons. The van der Waals surface area contributed by atoms with Crippen LogP contribution in [0.2, 0.25) is 0 Å². The first-order valence-corrected chi connectivity index (χ1v) is 14.7. The van der Waals surface area contributed by atoms with Crippen molar-refractivity contribution in [3.8, 4) is 11.1 Å². The topological polar surface area (TPSA) is 160 Å². The van der Waals surface area contributed by atoms with E-state index in [1.165, 1.54) is 48.2 Å². The van der Waals surface area contributed by atoms with Crippen LogP contribution in [-0.4, -0.2) is 49.6 Å². The number of nitrogens with one attached hydrogen (secondary N) is 1. The summed E-state index contributed by atoms with van der Waals surface area (Å²) in [7, 11) is -4.08. The minimum absolute atomic E-state index is 0.0228. The highest BCUT2D eigenvalue weighted by Gasteiger charge is 2.42. The van der Waals surface area contributed by atoms with Crippen LogP contribution in [0.3, 0.4) is 0 Å². The monoisotopic (exact) mass is 613 g/mol. The molecule has 1 aromatic heterocycles. The van der Waals surface area contributed by atoms with Gasteiger partial charge >= 0.3 is 18.1 Å². The van der Waals surface area contributed by atoms with E-state index in [1.54, 1.807) is 25.3 Å². The summed E-state index contributed by atoms with van der Waals surface area (Å²) < 4.78 is 70.5. The smallest absolute Gasteiger partial charge is 0.481 e. The van der Waals surface area contributed by atoms with Gasteiger partial charge in [0.05, 0.1) is 31.0 Å². The molecule has 0 aliphatic rings. The predicted octanol–water partition coefficient (Wildman–Crippen LogP) is 5.56. The second kappa shape index (κ2) is 12.2. The number of aliphatic imine (C=N–C) groups is 1. The second-order valence-electron chi connectivity index (χ2n) is 8.17. The van der Waals surface area contributed by atoms with Crippen molar-refractivity contribution in [1.82, 2.24) is 0 Å². The summed E-state index contributed by atoms with van der Waals surface area (Å²) in [5, 5.41) is 16.6. The predicted molar refractivity (Wildman–Crippen MR) is 145 cm³/mol. The number of carbonyl (C=O) groups is 2. The van der Waals surface area contributed by atoms with Gasteiger partial charge in [-0.2, -0.15) is 13.2 Å². The number of amidine groups is 1. The maximum absolute atomic E-state index is 13.6. The summed E-state index contributed by atoms with van der Waals surface area (Å²) in [4.78, 5) is 26.7. The minimum atomic E-state index is -5.33. The molecule has 40 heavy (non-hydrogen) atoms. The van der Waals surface area contributed by atoms with Gasteiger partial charge in [0.15, 0.2) is 5.90 Å². The Kier molecular flexibility index (Phi) is 9.43. The zero-order chi connectivity index (χ0) is 29.8. The first kappa shape index (κ1) is 30.8. The summed E-state index contributed by atoms with van der Waals surface area (Å²) in [5.74, 6) is -4.93. The van der Waals surface area contributed by atoms with E-state index >= 15 is 0 Å². The van der Waals surface area contributed by atoms with Gasteiger partial charge in [-0.3, -0.25) is 10.2 Å². The molecule has 0 amide bonds. The highest BCUT2D eigenvalue weighted by molar-refractivity contribution is 8.01. The van der Waals surface area contributed by atoms with Crippen LogP contribution in [0.1, 0.15) is 23.3 Å². The Labute approximate surface area is 235 Å². The molecule has 4 N–H and O–H groups in total. The standard InChI is InChI=1S/C25H22F3N3O6S3/c1-13-5-3-8-16(31-19(9-10-20(32)33)37-24(34)25(26,27)28)21(13)14-6-4-7-15(11-14)40(35,36)18-12-17(22(29)30)39-23(18)38-2/h3-8,11-12H,9-10H2,1-2H3,(H3,29,30)(H,32,33). The number of sulfone groups is 1. The number of aliphatic carboxylic acids is 1. The van der Waals surface area contributed by atoms with Crippen LogP contribution < -0.4 is 5.73 Å². The Hall–Kier alpha value is -3.69. The molecule has 1 heterocycles. The fourth-order valence-electron chi connectivity index (χ4n) is 3.53. The average molecular weight is 614 g/mol. The van der Waals surface area contributed by atoms with Crippen LogP contribution in [0.5, 0.6) is 0 Å². The van der Waals surface area contributed by atoms with Crippen LogP contribution >= 0.6 is 23.1 Å². The van der Waals surface area contributed by atoms with E-state index < -0.39 is 46.7 Å². The number of esters is 1. The lowest BCUT2D eigenvalue weighted by Crippen LogP contribution is -2.28. The lowest BCUT2D eigenvalue weighted by atomic mass is 9.98. The summed E-state index contributed by atoms with van der Waals surface area (Å²) in [5.41, 5.74) is 6.81. The molecule has 0 aliphatic heterocycles. The van der Waals surface area contributed by atoms with Crippen LogP contribution in [0.4, 0.5) is 18.9 Å². The van der Waals surface area contributed by atoms with Crippen molar-refractivity contribution in [1.29, 1.82) is 5.41 Å². The van der Waals surface area contributed by atoms with Gasteiger partial charge in [-0.25, -0.2) is 18.2 Å². The number of halogens is 3. The Balaban J connectivity index is 2.14.